The quantitative estimate of drug-likeness (QED) is 0.827. The van der Waals surface area contributed by atoms with Crippen LogP contribution in [0.5, 0.6) is 11.5 Å². The topological polar surface area (TPSA) is 38.7 Å². The van der Waals surface area contributed by atoms with Gasteiger partial charge in [0.25, 0.3) is 0 Å². The van der Waals surface area contributed by atoms with Crippen LogP contribution in [0.1, 0.15) is 38.4 Å². The average molecular weight is 238 g/mol. The largest absolute Gasteiger partial charge is 0.493 e. The van der Waals surface area contributed by atoms with E-state index in [1.807, 2.05) is 18.2 Å². The molecular formula is C14H22O3. The van der Waals surface area contributed by atoms with Crippen LogP contribution >= 0.6 is 0 Å². The van der Waals surface area contributed by atoms with Crippen LogP contribution in [0.2, 0.25) is 0 Å². The number of ether oxygens (including phenoxy) is 2. The van der Waals surface area contributed by atoms with Gasteiger partial charge in [-0.15, -0.1) is 0 Å². The zero-order valence-corrected chi connectivity index (χ0v) is 11.1. The van der Waals surface area contributed by atoms with Crippen molar-refractivity contribution in [2.75, 3.05) is 14.2 Å². The summed E-state index contributed by atoms with van der Waals surface area (Å²) in [4.78, 5) is 0. The molecule has 17 heavy (non-hydrogen) atoms. The fourth-order valence-electron chi connectivity index (χ4n) is 2.13. The van der Waals surface area contributed by atoms with E-state index in [2.05, 4.69) is 13.8 Å². The first-order valence-electron chi connectivity index (χ1n) is 6.08. The highest BCUT2D eigenvalue weighted by molar-refractivity contribution is 5.47. The number of rotatable bonds is 6. The predicted octanol–water partition coefficient (Wildman–Crippen LogP) is 3.17. The van der Waals surface area contributed by atoms with Crippen molar-refractivity contribution in [3.63, 3.8) is 0 Å². The molecule has 96 valence electrons. The third-order valence-corrected chi connectivity index (χ3v) is 3.25. The Balaban J connectivity index is 3.11. The van der Waals surface area contributed by atoms with Crippen LogP contribution in [0, 0.1) is 5.92 Å². The van der Waals surface area contributed by atoms with Gasteiger partial charge in [0.15, 0.2) is 11.5 Å². The van der Waals surface area contributed by atoms with Gasteiger partial charge in [0, 0.05) is 5.56 Å². The van der Waals surface area contributed by atoms with E-state index in [-0.39, 0.29) is 5.92 Å². The molecule has 1 aromatic rings. The van der Waals surface area contributed by atoms with Gasteiger partial charge in [-0.2, -0.15) is 0 Å². The Hall–Kier alpha value is -1.22. The lowest BCUT2D eigenvalue weighted by molar-refractivity contribution is 0.0999. The number of aliphatic hydroxyl groups excluding tert-OH is 1. The smallest absolute Gasteiger partial charge is 0.166 e. The number of para-hydroxylation sites is 1. The first-order chi connectivity index (χ1) is 8.19. The maximum absolute atomic E-state index is 10.4. The molecule has 0 spiro atoms. The fraction of sp³-hybridized carbons (Fsp3) is 0.571. The summed E-state index contributed by atoms with van der Waals surface area (Å²) in [6, 6.07) is 5.61. The van der Waals surface area contributed by atoms with Crippen molar-refractivity contribution in [2.45, 2.75) is 32.8 Å². The van der Waals surface area contributed by atoms with E-state index in [4.69, 9.17) is 9.47 Å². The second kappa shape index (κ2) is 6.50. The summed E-state index contributed by atoms with van der Waals surface area (Å²) in [5.41, 5.74) is 0.806. The van der Waals surface area contributed by atoms with E-state index in [0.717, 1.165) is 18.4 Å². The second-order valence-electron chi connectivity index (χ2n) is 4.10. The van der Waals surface area contributed by atoms with E-state index in [0.29, 0.717) is 11.5 Å². The normalized spacial score (nSPS) is 12.6. The van der Waals surface area contributed by atoms with E-state index in [1.165, 1.54) is 0 Å². The van der Waals surface area contributed by atoms with Gasteiger partial charge in [0.2, 0.25) is 0 Å². The summed E-state index contributed by atoms with van der Waals surface area (Å²) in [7, 11) is 3.20. The van der Waals surface area contributed by atoms with Gasteiger partial charge in [0.1, 0.15) is 0 Å². The van der Waals surface area contributed by atoms with Gasteiger partial charge in [-0.3, -0.25) is 0 Å². The minimum atomic E-state index is -0.505. The highest BCUT2D eigenvalue weighted by Gasteiger charge is 2.22. The van der Waals surface area contributed by atoms with Crippen molar-refractivity contribution >= 4 is 0 Å². The van der Waals surface area contributed by atoms with Crippen molar-refractivity contribution in [2.24, 2.45) is 5.92 Å². The summed E-state index contributed by atoms with van der Waals surface area (Å²) in [5, 5.41) is 10.4. The van der Waals surface area contributed by atoms with E-state index in [9.17, 15) is 5.11 Å². The fourth-order valence-corrected chi connectivity index (χ4v) is 2.13. The summed E-state index contributed by atoms with van der Waals surface area (Å²) in [6.45, 7) is 4.17. The summed E-state index contributed by atoms with van der Waals surface area (Å²) in [6.07, 6.45) is 1.38. The van der Waals surface area contributed by atoms with Crippen LogP contribution in [0.4, 0.5) is 0 Å². The molecule has 1 N–H and O–H groups in total. The maximum atomic E-state index is 10.4. The molecule has 0 saturated heterocycles. The summed E-state index contributed by atoms with van der Waals surface area (Å²) < 4.78 is 10.6. The lowest BCUT2D eigenvalue weighted by atomic mass is 9.90. The van der Waals surface area contributed by atoms with Crippen LogP contribution < -0.4 is 9.47 Å². The van der Waals surface area contributed by atoms with E-state index < -0.39 is 6.10 Å². The molecule has 0 fully saturated rings. The van der Waals surface area contributed by atoms with Gasteiger partial charge in [-0.05, 0) is 12.0 Å². The van der Waals surface area contributed by atoms with Crippen LogP contribution in [0.25, 0.3) is 0 Å². The first kappa shape index (κ1) is 13.8. The molecule has 1 unspecified atom stereocenters. The Morgan fingerprint density at radius 2 is 1.76 bits per heavy atom. The molecule has 0 aliphatic rings. The Bertz CT molecular complexity index is 345. The minimum absolute atomic E-state index is 0.246. The van der Waals surface area contributed by atoms with Crippen molar-refractivity contribution in [3.05, 3.63) is 23.8 Å². The Morgan fingerprint density at radius 1 is 1.12 bits per heavy atom. The van der Waals surface area contributed by atoms with Crippen LogP contribution in [-0.4, -0.2) is 19.3 Å². The number of benzene rings is 1. The lowest BCUT2D eigenvalue weighted by Gasteiger charge is -2.23. The van der Waals surface area contributed by atoms with Gasteiger partial charge in [-0.1, -0.05) is 38.8 Å². The van der Waals surface area contributed by atoms with Crippen LogP contribution in [0.3, 0.4) is 0 Å². The molecule has 0 heterocycles. The Labute approximate surface area is 103 Å². The van der Waals surface area contributed by atoms with Gasteiger partial charge in [0.05, 0.1) is 20.3 Å². The molecule has 0 aliphatic carbocycles. The molecule has 1 atom stereocenters. The van der Waals surface area contributed by atoms with Crippen molar-refractivity contribution in [3.8, 4) is 11.5 Å². The molecule has 1 aromatic carbocycles. The van der Waals surface area contributed by atoms with Crippen LogP contribution in [0.15, 0.2) is 18.2 Å². The number of hydrogen-bond donors (Lipinski definition) is 1. The molecule has 0 bridgehead atoms. The maximum Gasteiger partial charge on any atom is 0.166 e. The molecule has 0 saturated carbocycles. The molecular weight excluding hydrogens is 216 g/mol. The summed E-state index contributed by atoms with van der Waals surface area (Å²) >= 11 is 0. The van der Waals surface area contributed by atoms with Gasteiger partial charge >= 0.3 is 0 Å². The molecule has 0 aromatic heterocycles. The lowest BCUT2D eigenvalue weighted by Crippen LogP contribution is -2.12. The molecule has 0 amide bonds. The third-order valence-electron chi connectivity index (χ3n) is 3.25. The molecule has 3 nitrogen and oxygen atoms in total. The molecule has 0 aliphatic heterocycles. The monoisotopic (exact) mass is 238 g/mol. The van der Waals surface area contributed by atoms with Crippen molar-refractivity contribution in [1.82, 2.24) is 0 Å². The number of methoxy groups -OCH3 is 2. The zero-order chi connectivity index (χ0) is 12.8. The van der Waals surface area contributed by atoms with E-state index in [1.54, 1.807) is 14.2 Å². The standard InChI is InChI=1S/C14H22O3/c1-5-10(6-2)13(15)11-8-7-9-12(16-3)14(11)17-4/h7-10,13,15H,5-6H2,1-4H3. The molecule has 3 heteroatoms. The predicted molar refractivity (Wildman–Crippen MR) is 68.6 cm³/mol. The zero-order valence-electron chi connectivity index (χ0n) is 11.1. The Morgan fingerprint density at radius 3 is 2.24 bits per heavy atom. The molecule has 1 rings (SSSR count). The van der Waals surface area contributed by atoms with Crippen LogP contribution in [-0.2, 0) is 0 Å². The highest BCUT2D eigenvalue weighted by atomic mass is 16.5. The van der Waals surface area contributed by atoms with Crippen molar-refractivity contribution < 1.29 is 14.6 Å². The van der Waals surface area contributed by atoms with Gasteiger partial charge < -0.3 is 14.6 Å². The minimum Gasteiger partial charge on any atom is -0.493 e. The Kier molecular flexibility index (Phi) is 5.29. The first-order valence-corrected chi connectivity index (χ1v) is 6.08. The SMILES string of the molecule is CCC(CC)C(O)c1cccc(OC)c1OC. The highest BCUT2D eigenvalue weighted by Crippen LogP contribution is 2.38. The molecule has 0 radical (unpaired) electrons. The number of aliphatic hydroxyl groups is 1. The second-order valence-corrected chi connectivity index (χ2v) is 4.10. The van der Waals surface area contributed by atoms with E-state index >= 15 is 0 Å². The summed E-state index contributed by atoms with van der Waals surface area (Å²) in [5.74, 6) is 1.54. The third kappa shape index (κ3) is 2.91. The average Bonchev–Trinajstić information content (AvgIpc) is 2.38. The number of hydrogen-bond acceptors (Lipinski definition) is 3. The van der Waals surface area contributed by atoms with Crippen molar-refractivity contribution in [1.29, 1.82) is 0 Å². The van der Waals surface area contributed by atoms with Gasteiger partial charge in [-0.25, -0.2) is 0 Å².